The Kier molecular flexibility index (Phi) is 9.13. The molecule has 4 heterocycles. The molecule has 0 aliphatic carbocycles. The lowest BCUT2D eigenvalue weighted by molar-refractivity contribution is -0.285. The Morgan fingerprint density at radius 2 is 1.47 bits per heavy atom. The fourth-order valence-corrected chi connectivity index (χ4v) is 6.22. The molecule has 0 unspecified atom stereocenters. The first-order valence-corrected chi connectivity index (χ1v) is 14.6. The van der Waals surface area contributed by atoms with Crippen LogP contribution in [0.25, 0.3) is 0 Å². The van der Waals surface area contributed by atoms with Crippen LogP contribution >= 0.6 is 0 Å². The lowest BCUT2D eigenvalue weighted by atomic mass is 9.90. The summed E-state index contributed by atoms with van der Waals surface area (Å²) >= 11 is 0. The SMILES string of the molecule is COc1ccc([C@@H]2C[C@H](O)c3c(c(C)c4c(c3O[C@@H]3O[C@H](CO)[C@@H](O)[C@H](O)[C@H]3O)CO[C@H]3[C@H](O4)O[C@H](CO)[C@@H](O)[C@@H]3O)O2)cc1. The quantitative estimate of drug-likeness (QED) is 0.179. The van der Waals surface area contributed by atoms with Crippen molar-refractivity contribution in [2.75, 3.05) is 20.3 Å². The number of aliphatic hydroxyl groups is 8. The molecule has 0 amide bonds. The summed E-state index contributed by atoms with van der Waals surface area (Å²) in [7, 11) is 1.55. The Labute approximate surface area is 257 Å². The average Bonchev–Trinajstić information content (AvgIpc) is 3.24. The zero-order chi connectivity index (χ0) is 32.2. The molecule has 12 atom stereocenters. The van der Waals surface area contributed by atoms with E-state index in [1.54, 1.807) is 38.3 Å². The number of rotatable bonds is 6. The summed E-state index contributed by atoms with van der Waals surface area (Å²) in [6, 6.07) is 7.13. The number of ether oxygens (including phenoxy) is 7. The predicted octanol–water partition coefficient (Wildman–Crippen LogP) is -1.54. The van der Waals surface area contributed by atoms with Gasteiger partial charge in [-0.15, -0.1) is 0 Å². The van der Waals surface area contributed by atoms with Crippen molar-refractivity contribution in [2.45, 2.75) is 93.6 Å². The maximum Gasteiger partial charge on any atom is 0.229 e. The van der Waals surface area contributed by atoms with Gasteiger partial charge in [0.2, 0.25) is 12.6 Å². The molecule has 15 heteroatoms. The highest BCUT2D eigenvalue weighted by Gasteiger charge is 2.50. The van der Waals surface area contributed by atoms with E-state index in [1.165, 1.54) is 0 Å². The number of methoxy groups -OCH3 is 1. The highest BCUT2D eigenvalue weighted by atomic mass is 16.7. The van der Waals surface area contributed by atoms with E-state index in [0.29, 0.717) is 11.3 Å². The normalized spacial score (nSPS) is 37.6. The lowest BCUT2D eigenvalue weighted by Gasteiger charge is -2.41. The number of aliphatic hydroxyl groups excluding tert-OH is 8. The molecule has 2 saturated heterocycles. The third-order valence-electron chi connectivity index (χ3n) is 8.80. The highest BCUT2D eigenvalue weighted by Crippen LogP contribution is 2.54. The fraction of sp³-hybridized carbons (Fsp3) is 0.600. The van der Waals surface area contributed by atoms with Gasteiger partial charge in [0, 0.05) is 12.0 Å². The van der Waals surface area contributed by atoms with Crippen LogP contribution in [0.3, 0.4) is 0 Å². The van der Waals surface area contributed by atoms with E-state index in [2.05, 4.69) is 0 Å². The van der Waals surface area contributed by atoms with Gasteiger partial charge in [-0.05, 0) is 24.6 Å². The number of hydrogen-bond acceptors (Lipinski definition) is 15. The third-order valence-corrected chi connectivity index (χ3v) is 8.80. The second-order valence-corrected chi connectivity index (χ2v) is 11.6. The summed E-state index contributed by atoms with van der Waals surface area (Å²) in [5.74, 6) is 0.865. The number of benzene rings is 2. The van der Waals surface area contributed by atoms with Crippen molar-refractivity contribution in [2.24, 2.45) is 0 Å². The van der Waals surface area contributed by atoms with E-state index < -0.39 is 86.8 Å². The zero-order valence-electron chi connectivity index (χ0n) is 24.5. The first-order chi connectivity index (χ1) is 21.6. The first kappa shape index (κ1) is 32.2. The van der Waals surface area contributed by atoms with Gasteiger partial charge in [0.1, 0.15) is 77.9 Å². The molecule has 0 spiro atoms. The number of fused-ring (bicyclic) bond motifs is 3. The lowest BCUT2D eigenvalue weighted by Crippen LogP contribution is -2.60. The zero-order valence-corrected chi connectivity index (χ0v) is 24.5. The summed E-state index contributed by atoms with van der Waals surface area (Å²) in [5, 5.41) is 83.7. The molecule has 0 saturated carbocycles. The van der Waals surface area contributed by atoms with Crippen molar-refractivity contribution in [1.82, 2.24) is 0 Å². The molecule has 0 bridgehead atoms. The molecular weight excluding hydrogens is 600 g/mol. The third kappa shape index (κ3) is 5.61. The Hall–Kier alpha value is -2.80. The minimum Gasteiger partial charge on any atom is -0.497 e. The van der Waals surface area contributed by atoms with Gasteiger partial charge in [0.25, 0.3) is 0 Å². The van der Waals surface area contributed by atoms with E-state index >= 15 is 0 Å². The van der Waals surface area contributed by atoms with Crippen molar-refractivity contribution in [1.29, 1.82) is 0 Å². The molecule has 248 valence electrons. The summed E-state index contributed by atoms with van der Waals surface area (Å²) < 4.78 is 41.4. The first-order valence-electron chi connectivity index (χ1n) is 14.6. The summed E-state index contributed by atoms with van der Waals surface area (Å²) in [4.78, 5) is 0. The highest BCUT2D eigenvalue weighted by molar-refractivity contribution is 5.64. The van der Waals surface area contributed by atoms with Crippen molar-refractivity contribution in [3.8, 4) is 23.0 Å². The van der Waals surface area contributed by atoms with Crippen molar-refractivity contribution >= 4 is 0 Å². The van der Waals surface area contributed by atoms with E-state index in [1.807, 2.05) is 0 Å². The van der Waals surface area contributed by atoms with Gasteiger partial charge in [-0.25, -0.2) is 0 Å². The monoisotopic (exact) mass is 638 g/mol. The molecule has 2 aromatic carbocycles. The molecule has 0 radical (unpaired) electrons. The van der Waals surface area contributed by atoms with Crippen LogP contribution in [0.4, 0.5) is 0 Å². The van der Waals surface area contributed by atoms with Crippen molar-refractivity contribution in [3.05, 3.63) is 46.5 Å². The van der Waals surface area contributed by atoms with Crippen molar-refractivity contribution in [3.63, 3.8) is 0 Å². The standard InChI is InChI=1S/C30H38O15/c1-11-25-14(10-40-28-23(37)21(35)18(9-32)43-30(28)44-25)27(45-29-24(38)22(36)20(34)17(8-31)42-29)19-15(33)7-16(41-26(11)19)12-3-5-13(39-2)6-4-12/h3-6,15-18,20-24,28-38H,7-10H2,1-2H3/t15-,16-,17+,18+,20+,21+,22-,23-,24+,28+,29-,30-/m0/s1. The molecule has 2 fully saturated rings. The van der Waals surface area contributed by atoms with Gasteiger partial charge in [-0.2, -0.15) is 0 Å². The Bertz CT molecular complexity index is 1350. The van der Waals surface area contributed by atoms with Gasteiger partial charge in [0.05, 0.1) is 44.2 Å². The Balaban J connectivity index is 1.44. The van der Waals surface area contributed by atoms with Gasteiger partial charge in [-0.3, -0.25) is 0 Å². The van der Waals surface area contributed by atoms with Crippen LogP contribution in [-0.2, 0) is 20.8 Å². The molecule has 4 aliphatic rings. The van der Waals surface area contributed by atoms with Crippen LogP contribution < -0.4 is 18.9 Å². The molecule has 6 rings (SSSR count). The van der Waals surface area contributed by atoms with Gasteiger partial charge in [-0.1, -0.05) is 12.1 Å². The number of hydrogen-bond donors (Lipinski definition) is 8. The maximum absolute atomic E-state index is 11.6. The topological polar surface area (TPSA) is 226 Å². The molecule has 15 nitrogen and oxygen atoms in total. The van der Waals surface area contributed by atoms with Gasteiger partial charge < -0.3 is 74.0 Å². The average molecular weight is 639 g/mol. The van der Waals surface area contributed by atoms with E-state index in [9.17, 15) is 40.9 Å². The molecule has 2 aromatic rings. The van der Waals surface area contributed by atoms with E-state index in [4.69, 9.17) is 33.2 Å². The van der Waals surface area contributed by atoms with Crippen LogP contribution in [0.2, 0.25) is 0 Å². The smallest absolute Gasteiger partial charge is 0.229 e. The minimum atomic E-state index is -1.77. The van der Waals surface area contributed by atoms with Crippen LogP contribution in [0.1, 0.15) is 40.9 Å². The van der Waals surface area contributed by atoms with E-state index in [-0.39, 0.29) is 41.4 Å². The molecule has 4 aliphatic heterocycles. The molecule has 8 N–H and O–H groups in total. The Morgan fingerprint density at radius 3 is 2.13 bits per heavy atom. The van der Waals surface area contributed by atoms with Gasteiger partial charge in [0.15, 0.2) is 0 Å². The van der Waals surface area contributed by atoms with Gasteiger partial charge >= 0.3 is 0 Å². The predicted molar refractivity (Wildman–Crippen MR) is 148 cm³/mol. The van der Waals surface area contributed by atoms with Crippen LogP contribution in [0.15, 0.2) is 24.3 Å². The van der Waals surface area contributed by atoms with Crippen LogP contribution in [0.5, 0.6) is 23.0 Å². The van der Waals surface area contributed by atoms with E-state index in [0.717, 1.165) is 5.56 Å². The summed E-state index contributed by atoms with van der Waals surface area (Å²) in [5.41, 5.74) is 1.52. The van der Waals surface area contributed by atoms with Crippen LogP contribution in [0, 0.1) is 6.92 Å². The fourth-order valence-electron chi connectivity index (χ4n) is 6.22. The maximum atomic E-state index is 11.6. The largest absolute Gasteiger partial charge is 0.497 e. The molecular formula is C30H38O15. The van der Waals surface area contributed by atoms with Crippen LogP contribution in [-0.4, -0.2) is 123 Å². The summed E-state index contributed by atoms with van der Waals surface area (Å²) in [6.07, 6.45) is -16.4. The summed E-state index contributed by atoms with van der Waals surface area (Å²) in [6.45, 7) is 0.0772. The second-order valence-electron chi connectivity index (χ2n) is 11.6. The minimum absolute atomic E-state index is 0.0806. The molecule has 0 aromatic heterocycles. The Morgan fingerprint density at radius 1 is 0.800 bits per heavy atom. The molecule has 45 heavy (non-hydrogen) atoms. The van der Waals surface area contributed by atoms with Crippen molar-refractivity contribution < 1.29 is 74.0 Å². The second kappa shape index (κ2) is 12.8.